The molecule has 0 saturated carbocycles. The summed E-state index contributed by atoms with van der Waals surface area (Å²) in [5, 5.41) is 6.56. The van der Waals surface area contributed by atoms with Gasteiger partial charge in [-0.3, -0.25) is 4.79 Å². The number of anilines is 1. The van der Waals surface area contributed by atoms with Gasteiger partial charge in [-0.15, -0.1) is 0 Å². The Bertz CT molecular complexity index is 464. The number of halogens is 1. The molecule has 104 valence electrons. The summed E-state index contributed by atoms with van der Waals surface area (Å²) in [6.07, 6.45) is 1.93. The quantitative estimate of drug-likeness (QED) is 0.884. The lowest BCUT2D eigenvalue weighted by atomic mass is 10.1. The third kappa shape index (κ3) is 3.01. The van der Waals surface area contributed by atoms with Crippen molar-refractivity contribution in [3.8, 4) is 0 Å². The molecule has 1 aromatic carbocycles. The second-order valence-corrected chi connectivity index (χ2v) is 5.18. The van der Waals surface area contributed by atoms with Crippen LogP contribution in [0.5, 0.6) is 0 Å². The topological polar surface area (TPSA) is 44.4 Å². The molecule has 0 aliphatic carbocycles. The molecule has 1 amide bonds. The molecule has 0 radical (unpaired) electrons. The number of likely N-dealkylation sites (N-methyl/N-ethyl adjacent to an activating group) is 1. The van der Waals surface area contributed by atoms with Crippen molar-refractivity contribution in [2.45, 2.75) is 25.4 Å². The first-order chi connectivity index (χ1) is 9.17. The highest BCUT2D eigenvalue weighted by Crippen LogP contribution is 2.29. The van der Waals surface area contributed by atoms with E-state index in [4.69, 9.17) is 11.6 Å². The van der Waals surface area contributed by atoms with Gasteiger partial charge in [0.25, 0.3) is 0 Å². The van der Waals surface area contributed by atoms with Gasteiger partial charge >= 0.3 is 0 Å². The van der Waals surface area contributed by atoms with Crippen LogP contribution in [0.25, 0.3) is 0 Å². The normalized spacial score (nSPS) is 18.7. The third-order valence-corrected chi connectivity index (χ3v) is 3.89. The molecule has 1 atom stereocenters. The zero-order valence-electron chi connectivity index (χ0n) is 11.4. The molecule has 0 aromatic heterocycles. The summed E-state index contributed by atoms with van der Waals surface area (Å²) in [4.78, 5) is 14.0. The maximum absolute atomic E-state index is 11.9. The Balaban J connectivity index is 2.21. The number of hydrogen-bond acceptors (Lipinski definition) is 3. The molecule has 2 rings (SSSR count). The van der Waals surface area contributed by atoms with Gasteiger partial charge in [-0.1, -0.05) is 17.7 Å². The van der Waals surface area contributed by atoms with Crippen molar-refractivity contribution in [1.82, 2.24) is 10.6 Å². The zero-order valence-corrected chi connectivity index (χ0v) is 12.1. The summed E-state index contributed by atoms with van der Waals surface area (Å²) in [5.41, 5.74) is 2.10. The van der Waals surface area contributed by atoms with Gasteiger partial charge in [-0.2, -0.15) is 0 Å². The van der Waals surface area contributed by atoms with Crippen LogP contribution in [0.1, 0.15) is 18.4 Å². The fourth-order valence-electron chi connectivity index (χ4n) is 2.56. The molecular formula is C14H20ClN3O. The summed E-state index contributed by atoms with van der Waals surface area (Å²) in [6.45, 7) is 1.65. The Hall–Kier alpha value is -1.26. The van der Waals surface area contributed by atoms with E-state index >= 15 is 0 Å². The standard InChI is InChI=1S/C14H20ClN3O/c1-16-9-10-5-6-11(8-12(10)15)18-7-3-4-13(18)14(19)17-2/h5-6,8,13,16H,3-4,7,9H2,1-2H3,(H,17,19). The minimum absolute atomic E-state index is 0.0729. The Labute approximate surface area is 119 Å². The molecule has 5 heteroatoms. The molecule has 0 bridgehead atoms. The lowest BCUT2D eigenvalue weighted by Gasteiger charge is -2.26. The minimum Gasteiger partial charge on any atom is -0.359 e. The van der Waals surface area contributed by atoms with E-state index in [0.717, 1.165) is 42.2 Å². The number of amides is 1. The van der Waals surface area contributed by atoms with Crippen LogP contribution >= 0.6 is 11.6 Å². The Morgan fingerprint density at radius 3 is 2.89 bits per heavy atom. The van der Waals surface area contributed by atoms with Crippen LogP contribution in [0.2, 0.25) is 5.02 Å². The molecule has 19 heavy (non-hydrogen) atoms. The van der Waals surface area contributed by atoms with Gasteiger partial charge < -0.3 is 15.5 Å². The average Bonchev–Trinajstić information content (AvgIpc) is 2.89. The average molecular weight is 282 g/mol. The fourth-order valence-corrected chi connectivity index (χ4v) is 2.81. The van der Waals surface area contributed by atoms with Gasteiger partial charge in [0.15, 0.2) is 0 Å². The molecule has 1 aliphatic rings. The summed E-state index contributed by atoms with van der Waals surface area (Å²) in [6, 6.07) is 5.94. The second kappa shape index (κ2) is 6.26. The molecule has 4 nitrogen and oxygen atoms in total. The minimum atomic E-state index is -0.0729. The Morgan fingerprint density at radius 2 is 2.26 bits per heavy atom. The Morgan fingerprint density at radius 1 is 1.47 bits per heavy atom. The molecule has 0 spiro atoms. The number of nitrogens with one attached hydrogen (secondary N) is 2. The summed E-state index contributed by atoms with van der Waals surface area (Å²) in [7, 11) is 3.58. The van der Waals surface area contributed by atoms with Crippen LogP contribution in [-0.2, 0) is 11.3 Å². The van der Waals surface area contributed by atoms with Crippen LogP contribution in [0.4, 0.5) is 5.69 Å². The third-order valence-electron chi connectivity index (χ3n) is 3.54. The van der Waals surface area contributed by atoms with Gasteiger partial charge in [-0.05, 0) is 37.6 Å². The van der Waals surface area contributed by atoms with E-state index in [0.29, 0.717) is 0 Å². The molecule has 1 aliphatic heterocycles. The van der Waals surface area contributed by atoms with E-state index in [9.17, 15) is 4.79 Å². The molecule has 1 fully saturated rings. The maximum atomic E-state index is 11.9. The first kappa shape index (κ1) is 14.2. The van der Waals surface area contributed by atoms with Crippen molar-refractivity contribution in [1.29, 1.82) is 0 Å². The van der Waals surface area contributed by atoms with Crippen molar-refractivity contribution in [3.63, 3.8) is 0 Å². The van der Waals surface area contributed by atoms with E-state index in [2.05, 4.69) is 15.5 Å². The molecule has 1 heterocycles. The fraction of sp³-hybridized carbons (Fsp3) is 0.500. The van der Waals surface area contributed by atoms with Crippen molar-refractivity contribution in [3.05, 3.63) is 28.8 Å². The second-order valence-electron chi connectivity index (χ2n) is 4.77. The van der Waals surface area contributed by atoms with Crippen molar-refractivity contribution in [2.24, 2.45) is 0 Å². The van der Waals surface area contributed by atoms with Gasteiger partial charge in [0.2, 0.25) is 5.91 Å². The molecule has 1 aromatic rings. The van der Waals surface area contributed by atoms with Crippen molar-refractivity contribution in [2.75, 3.05) is 25.5 Å². The van der Waals surface area contributed by atoms with E-state index in [-0.39, 0.29) is 11.9 Å². The number of benzene rings is 1. The van der Waals surface area contributed by atoms with E-state index < -0.39 is 0 Å². The van der Waals surface area contributed by atoms with Gasteiger partial charge in [0.1, 0.15) is 6.04 Å². The highest BCUT2D eigenvalue weighted by Gasteiger charge is 2.30. The molecule has 1 saturated heterocycles. The van der Waals surface area contributed by atoms with Gasteiger partial charge in [0.05, 0.1) is 0 Å². The zero-order chi connectivity index (χ0) is 13.8. The lowest BCUT2D eigenvalue weighted by Crippen LogP contribution is -2.42. The number of hydrogen-bond donors (Lipinski definition) is 2. The molecule has 2 N–H and O–H groups in total. The summed E-state index contributed by atoms with van der Waals surface area (Å²) >= 11 is 6.28. The number of rotatable bonds is 4. The number of carbonyl (C=O) groups is 1. The smallest absolute Gasteiger partial charge is 0.242 e. The highest BCUT2D eigenvalue weighted by molar-refractivity contribution is 6.31. The number of nitrogens with zero attached hydrogens (tertiary/aromatic N) is 1. The largest absolute Gasteiger partial charge is 0.359 e. The van der Waals surface area contributed by atoms with Crippen LogP contribution in [0, 0.1) is 0 Å². The first-order valence-corrected chi connectivity index (χ1v) is 6.96. The van der Waals surface area contributed by atoms with Crippen LogP contribution in [-0.4, -0.2) is 32.6 Å². The SMILES string of the molecule is CNCc1ccc(N2CCCC2C(=O)NC)cc1Cl. The summed E-state index contributed by atoms with van der Waals surface area (Å²) in [5.74, 6) is 0.0768. The summed E-state index contributed by atoms with van der Waals surface area (Å²) < 4.78 is 0. The van der Waals surface area contributed by atoms with E-state index in [1.54, 1.807) is 7.05 Å². The van der Waals surface area contributed by atoms with Crippen LogP contribution in [0.3, 0.4) is 0 Å². The number of carbonyl (C=O) groups excluding carboxylic acids is 1. The van der Waals surface area contributed by atoms with Gasteiger partial charge in [-0.25, -0.2) is 0 Å². The van der Waals surface area contributed by atoms with Crippen LogP contribution < -0.4 is 15.5 Å². The van der Waals surface area contributed by atoms with Crippen molar-refractivity contribution < 1.29 is 4.79 Å². The first-order valence-electron chi connectivity index (χ1n) is 6.58. The Kier molecular flexibility index (Phi) is 4.66. The van der Waals surface area contributed by atoms with Crippen LogP contribution in [0.15, 0.2) is 18.2 Å². The van der Waals surface area contributed by atoms with Crippen molar-refractivity contribution >= 4 is 23.2 Å². The van der Waals surface area contributed by atoms with Gasteiger partial charge in [0, 0.05) is 30.8 Å². The predicted octanol–water partition coefficient (Wildman–Crippen LogP) is 1.77. The highest BCUT2D eigenvalue weighted by atomic mass is 35.5. The molecular weight excluding hydrogens is 262 g/mol. The maximum Gasteiger partial charge on any atom is 0.242 e. The monoisotopic (exact) mass is 281 g/mol. The van der Waals surface area contributed by atoms with E-state index in [1.807, 2.05) is 25.2 Å². The molecule has 1 unspecified atom stereocenters. The van der Waals surface area contributed by atoms with E-state index in [1.165, 1.54) is 0 Å². The predicted molar refractivity (Wildman–Crippen MR) is 78.7 cm³/mol. The lowest BCUT2D eigenvalue weighted by molar-refractivity contribution is -0.121.